The van der Waals surface area contributed by atoms with Crippen LogP contribution in [0.4, 0.5) is 0 Å². The lowest BCUT2D eigenvalue weighted by Crippen LogP contribution is -2.49. The maximum absolute atomic E-state index is 13.0. The van der Waals surface area contributed by atoms with Gasteiger partial charge in [0.1, 0.15) is 11.8 Å². The molecule has 1 atom stereocenters. The number of carbonyl (C=O) groups is 2. The molecule has 30 heavy (non-hydrogen) atoms. The topological polar surface area (TPSA) is 58.6 Å². The highest BCUT2D eigenvalue weighted by Crippen LogP contribution is 2.26. The molecule has 2 aromatic rings. The predicted octanol–water partition coefficient (Wildman–Crippen LogP) is 5.04. The van der Waals surface area contributed by atoms with Crippen molar-refractivity contribution >= 4 is 39.3 Å². The zero-order valence-electron chi connectivity index (χ0n) is 17.8. The first kappa shape index (κ1) is 24.2. The maximum Gasteiger partial charge on any atom is 0.261 e. The smallest absolute Gasteiger partial charge is 0.261 e. The van der Waals surface area contributed by atoms with Crippen molar-refractivity contribution in [2.24, 2.45) is 0 Å². The molecule has 0 aliphatic rings. The first-order chi connectivity index (χ1) is 14.2. The Morgan fingerprint density at radius 3 is 2.33 bits per heavy atom. The summed E-state index contributed by atoms with van der Waals surface area (Å²) in [5.74, 6) is 0.136. The number of nitrogens with zero attached hydrogens (tertiary/aromatic N) is 1. The summed E-state index contributed by atoms with van der Waals surface area (Å²) in [5.41, 5.74) is 2.70. The van der Waals surface area contributed by atoms with E-state index in [2.05, 4.69) is 21.2 Å². The fourth-order valence-corrected chi connectivity index (χ4v) is 3.36. The summed E-state index contributed by atoms with van der Waals surface area (Å²) in [6.07, 6.45) is 0.831. The highest BCUT2D eigenvalue weighted by atomic mass is 79.9. The summed E-state index contributed by atoms with van der Waals surface area (Å²) < 4.78 is 6.70. The number of carbonyl (C=O) groups excluding carboxylic acids is 2. The van der Waals surface area contributed by atoms with E-state index in [1.165, 1.54) is 0 Å². The van der Waals surface area contributed by atoms with Gasteiger partial charge in [-0.1, -0.05) is 46.6 Å². The van der Waals surface area contributed by atoms with Gasteiger partial charge >= 0.3 is 0 Å². The fraction of sp³-hybridized carbons (Fsp3) is 0.391. The van der Waals surface area contributed by atoms with Gasteiger partial charge in [-0.15, -0.1) is 0 Å². The minimum Gasteiger partial charge on any atom is -0.484 e. The van der Waals surface area contributed by atoms with Gasteiger partial charge in [0.05, 0.1) is 0 Å². The number of benzene rings is 2. The number of aryl methyl sites for hydroxylation is 2. The van der Waals surface area contributed by atoms with Crippen LogP contribution in [0.3, 0.4) is 0 Å². The third-order valence-electron chi connectivity index (χ3n) is 4.75. The van der Waals surface area contributed by atoms with E-state index < -0.39 is 6.04 Å². The number of hydrogen-bond donors (Lipinski definition) is 1. The van der Waals surface area contributed by atoms with Crippen LogP contribution < -0.4 is 10.1 Å². The second kappa shape index (κ2) is 11.4. The van der Waals surface area contributed by atoms with Gasteiger partial charge in [0.25, 0.3) is 5.91 Å². The molecular formula is C23H28BrClN2O3. The number of hydrogen-bond acceptors (Lipinski definition) is 3. The Morgan fingerprint density at radius 2 is 1.77 bits per heavy atom. The van der Waals surface area contributed by atoms with Crippen molar-refractivity contribution in [3.05, 3.63) is 62.6 Å². The summed E-state index contributed by atoms with van der Waals surface area (Å²) in [6, 6.07) is 10.7. The third kappa shape index (κ3) is 6.74. The van der Waals surface area contributed by atoms with Crippen LogP contribution in [-0.2, 0) is 16.1 Å². The molecule has 2 rings (SSSR count). The molecule has 2 amide bonds. The van der Waals surface area contributed by atoms with Gasteiger partial charge in [0, 0.05) is 22.6 Å². The van der Waals surface area contributed by atoms with E-state index in [0.717, 1.165) is 27.6 Å². The molecule has 0 aliphatic carbocycles. The molecule has 1 unspecified atom stereocenters. The van der Waals surface area contributed by atoms with Crippen molar-refractivity contribution in [1.29, 1.82) is 0 Å². The van der Waals surface area contributed by atoms with Crippen molar-refractivity contribution in [2.75, 3.05) is 13.2 Å². The number of ether oxygens (including phenoxy) is 1. The van der Waals surface area contributed by atoms with Crippen LogP contribution in [0.25, 0.3) is 0 Å². The molecule has 0 aromatic heterocycles. The Hall–Kier alpha value is -2.05. The van der Waals surface area contributed by atoms with Crippen molar-refractivity contribution in [3.63, 3.8) is 0 Å². The van der Waals surface area contributed by atoms with Crippen molar-refractivity contribution in [1.82, 2.24) is 10.2 Å². The van der Waals surface area contributed by atoms with E-state index in [1.54, 1.807) is 24.0 Å². The average Bonchev–Trinajstić information content (AvgIpc) is 2.73. The Morgan fingerprint density at radius 1 is 1.17 bits per heavy atom. The highest BCUT2D eigenvalue weighted by molar-refractivity contribution is 9.10. The number of halogens is 2. The normalized spacial score (nSPS) is 11.7. The predicted molar refractivity (Wildman–Crippen MR) is 124 cm³/mol. The SMILES string of the molecule is CCCNC(=O)C(C)N(Cc1ccc(Br)cc1)C(=O)COc1cc(C)c(Cl)c(C)c1. The van der Waals surface area contributed by atoms with Gasteiger partial charge in [-0.25, -0.2) is 0 Å². The van der Waals surface area contributed by atoms with E-state index in [1.807, 2.05) is 45.0 Å². The molecule has 7 heteroatoms. The summed E-state index contributed by atoms with van der Waals surface area (Å²) in [5, 5.41) is 3.55. The average molecular weight is 496 g/mol. The molecule has 0 bridgehead atoms. The molecule has 0 fully saturated rings. The van der Waals surface area contributed by atoms with E-state index in [9.17, 15) is 9.59 Å². The quantitative estimate of drug-likeness (QED) is 0.530. The second-order valence-corrected chi connectivity index (χ2v) is 8.57. The molecule has 5 nitrogen and oxygen atoms in total. The number of amides is 2. The zero-order valence-corrected chi connectivity index (χ0v) is 20.1. The van der Waals surface area contributed by atoms with Crippen LogP contribution in [0.15, 0.2) is 40.9 Å². The van der Waals surface area contributed by atoms with Crippen LogP contribution in [0.2, 0.25) is 5.02 Å². The van der Waals surface area contributed by atoms with E-state index in [4.69, 9.17) is 16.3 Å². The van der Waals surface area contributed by atoms with Crippen LogP contribution in [0.5, 0.6) is 5.75 Å². The van der Waals surface area contributed by atoms with Gasteiger partial charge in [-0.2, -0.15) is 0 Å². The Labute approximate surface area is 191 Å². The van der Waals surface area contributed by atoms with Crippen molar-refractivity contribution in [2.45, 2.75) is 46.7 Å². The standard InChI is InChI=1S/C23H28BrClN2O3/c1-5-10-26-23(29)17(4)27(13-18-6-8-19(24)9-7-18)21(28)14-30-20-11-15(2)22(25)16(3)12-20/h6-9,11-12,17H,5,10,13-14H2,1-4H3,(H,26,29). The van der Waals surface area contributed by atoms with E-state index in [0.29, 0.717) is 23.9 Å². The largest absolute Gasteiger partial charge is 0.484 e. The number of rotatable bonds is 9. The Balaban J connectivity index is 2.16. The lowest BCUT2D eigenvalue weighted by molar-refractivity contribution is -0.142. The fourth-order valence-electron chi connectivity index (χ4n) is 2.98. The molecule has 0 saturated heterocycles. The summed E-state index contributed by atoms with van der Waals surface area (Å²) in [7, 11) is 0. The van der Waals surface area contributed by atoms with E-state index in [-0.39, 0.29) is 18.4 Å². The van der Waals surface area contributed by atoms with E-state index >= 15 is 0 Å². The maximum atomic E-state index is 13.0. The Kier molecular flexibility index (Phi) is 9.18. The molecule has 0 aliphatic heterocycles. The van der Waals surface area contributed by atoms with Crippen molar-refractivity contribution < 1.29 is 14.3 Å². The third-order valence-corrected chi connectivity index (χ3v) is 5.88. The van der Waals surface area contributed by atoms with Crippen molar-refractivity contribution in [3.8, 4) is 5.75 Å². The first-order valence-electron chi connectivity index (χ1n) is 9.94. The van der Waals surface area contributed by atoms with Gasteiger partial charge in [0.2, 0.25) is 5.91 Å². The molecular weight excluding hydrogens is 468 g/mol. The molecule has 1 N–H and O–H groups in total. The van der Waals surface area contributed by atoms with Crippen LogP contribution >= 0.6 is 27.5 Å². The molecule has 0 radical (unpaired) electrons. The molecule has 162 valence electrons. The minimum atomic E-state index is -0.620. The molecule has 0 heterocycles. The first-order valence-corrected chi connectivity index (χ1v) is 11.1. The lowest BCUT2D eigenvalue weighted by Gasteiger charge is -2.28. The van der Waals surface area contributed by atoms with Gasteiger partial charge in [-0.3, -0.25) is 9.59 Å². The van der Waals surface area contributed by atoms with Gasteiger partial charge in [-0.05, 0) is 68.1 Å². The van der Waals surface area contributed by atoms with Gasteiger partial charge in [0.15, 0.2) is 6.61 Å². The lowest BCUT2D eigenvalue weighted by atomic mass is 10.1. The van der Waals surface area contributed by atoms with Gasteiger partial charge < -0.3 is 15.0 Å². The van der Waals surface area contributed by atoms with Crippen LogP contribution in [-0.4, -0.2) is 35.9 Å². The molecule has 0 spiro atoms. The second-order valence-electron chi connectivity index (χ2n) is 7.27. The molecule has 2 aromatic carbocycles. The zero-order chi connectivity index (χ0) is 22.3. The summed E-state index contributed by atoms with van der Waals surface area (Å²) >= 11 is 9.62. The summed E-state index contributed by atoms with van der Waals surface area (Å²) in [4.78, 5) is 27.1. The molecule has 0 saturated carbocycles. The highest BCUT2D eigenvalue weighted by Gasteiger charge is 2.26. The summed E-state index contributed by atoms with van der Waals surface area (Å²) in [6.45, 7) is 8.23. The van der Waals surface area contributed by atoms with Crippen LogP contribution in [0, 0.1) is 13.8 Å². The monoisotopic (exact) mass is 494 g/mol. The minimum absolute atomic E-state index is 0.164. The van der Waals surface area contributed by atoms with Crippen LogP contribution in [0.1, 0.15) is 37.0 Å². The Bertz CT molecular complexity index is 864. The number of nitrogens with one attached hydrogen (secondary N) is 1.